The van der Waals surface area contributed by atoms with Gasteiger partial charge in [-0.2, -0.15) is 10.2 Å². The third-order valence-corrected chi connectivity index (χ3v) is 14.4. The summed E-state index contributed by atoms with van der Waals surface area (Å²) >= 11 is 0. The summed E-state index contributed by atoms with van der Waals surface area (Å²) in [4.78, 5) is 34.7. The quantitative estimate of drug-likeness (QED) is 0.123. The standard InChI is InChI=1S/C13H21N.C13H20.C11H17N.4C10H16N2/c1-12(2,3)10-7-8-11(14-9-10)13(4,5)6;1-10(2)11-6-8-12(9-7-11)13(3,4)5;1-8(2)10-5-6-11(9(3)4)12-7-10;1-7(2)9-5-12-10(6-11-9)8(3)4;2*1-7(2)9-5-11-10(8(3)4)12-6-9;1-7(2)9-5-6-10(8(3)4)12-11-9/h7-9H,1-6H3;6-10H,1-5H3;5-9H,1-4H3;4*5-8H,1-4H3. The van der Waals surface area contributed by atoms with Gasteiger partial charge in [-0.15, -0.1) is 0 Å². The van der Waals surface area contributed by atoms with E-state index in [4.69, 9.17) is 0 Å². The largest absolute Gasteiger partial charge is 0.261 e. The lowest BCUT2D eigenvalue weighted by atomic mass is 9.86. The van der Waals surface area contributed by atoms with Crippen molar-refractivity contribution in [2.24, 2.45) is 0 Å². The van der Waals surface area contributed by atoms with Gasteiger partial charge in [-0.3, -0.25) is 19.9 Å². The zero-order valence-electron chi connectivity index (χ0n) is 60.7. The molecule has 10 heteroatoms. The summed E-state index contributed by atoms with van der Waals surface area (Å²) in [6.07, 6.45) is 15.4. The predicted molar refractivity (Wildman–Crippen MR) is 374 cm³/mol. The van der Waals surface area contributed by atoms with Crippen molar-refractivity contribution in [3.05, 3.63) is 189 Å². The Morgan fingerprint density at radius 3 is 0.747 bits per heavy atom. The SMILES string of the molecule is CC(C)(C)c1ccc(C(C)(C)C)nc1.CC(C)c1ccc(C(C)(C)C)cc1.CC(C)c1ccc(C(C)C)nc1.CC(C)c1ccc(C(C)C)nn1.CC(C)c1cnc(C(C)C)cn1.CC(C)c1cnc(C(C)C)nc1.CC(C)c1cnc(C(C)C)nc1. The van der Waals surface area contributed by atoms with Crippen LogP contribution in [0.5, 0.6) is 0 Å². The molecule has 0 aliphatic carbocycles. The van der Waals surface area contributed by atoms with Crippen LogP contribution in [0, 0.1) is 0 Å². The van der Waals surface area contributed by atoms with Gasteiger partial charge in [0.15, 0.2) is 0 Å². The lowest BCUT2D eigenvalue weighted by Crippen LogP contribution is -2.16. The van der Waals surface area contributed by atoms with Crippen LogP contribution in [0.2, 0.25) is 0 Å². The van der Waals surface area contributed by atoms with Crippen molar-refractivity contribution in [2.45, 2.75) is 296 Å². The molecular formula is C77H122N10. The van der Waals surface area contributed by atoms with E-state index in [2.05, 4.69) is 325 Å². The van der Waals surface area contributed by atoms with Gasteiger partial charge in [0.25, 0.3) is 0 Å². The Morgan fingerprint density at radius 2 is 0.517 bits per heavy atom. The molecule has 480 valence electrons. The van der Waals surface area contributed by atoms with Crippen LogP contribution < -0.4 is 0 Å². The van der Waals surface area contributed by atoms with Crippen LogP contribution in [0.3, 0.4) is 0 Å². The molecule has 1 aromatic carbocycles. The first-order valence-electron chi connectivity index (χ1n) is 32.5. The maximum absolute atomic E-state index is 4.52. The maximum Gasteiger partial charge on any atom is 0.130 e. The Bertz CT molecular complexity index is 2390. The van der Waals surface area contributed by atoms with Gasteiger partial charge in [0.05, 0.1) is 22.8 Å². The maximum atomic E-state index is 4.52. The zero-order chi connectivity index (χ0) is 66.7. The molecule has 0 aliphatic rings. The predicted octanol–water partition coefficient (Wildman–Crippen LogP) is 22.0. The van der Waals surface area contributed by atoms with Crippen LogP contribution in [-0.4, -0.2) is 50.1 Å². The number of benzene rings is 1. The van der Waals surface area contributed by atoms with Crippen molar-refractivity contribution in [1.82, 2.24) is 50.1 Å². The van der Waals surface area contributed by atoms with E-state index in [9.17, 15) is 0 Å². The van der Waals surface area contributed by atoms with Gasteiger partial charge < -0.3 is 0 Å². The molecule has 10 nitrogen and oxygen atoms in total. The van der Waals surface area contributed by atoms with Crippen LogP contribution in [0.15, 0.2) is 110 Å². The molecule has 0 unspecified atom stereocenters. The van der Waals surface area contributed by atoms with Crippen LogP contribution in [0.4, 0.5) is 0 Å². The Balaban J connectivity index is 0.000000508. The van der Waals surface area contributed by atoms with Crippen LogP contribution >= 0.6 is 0 Å². The third-order valence-electron chi connectivity index (χ3n) is 14.4. The van der Waals surface area contributed by atoms with E-state index in [1.807, 2.05) is 49.6 Å². The number of hydrogen-bond donors (Lipinski definition) is 0. The fourth-order valence-corrected chi connectivity index (χ4v) is 7.55. The van der Waals surface area contributed by atoms with Crippen LogP contribution in [0.1, 0.15) is 359 Å². The summed E-state index contributed by atoms with van der Waals surface area (Å²) in [6, 6.07) is 21.7. The molecule has 6 aromatic heterocycles. The Hall–Kier alpha value is -6.16. The Labute approximate surface area is 532 Å². The lowest BCUT2D eigenvalue weighted by molar-refractivity contribution is 0.556. The molecule has 0 aliphatic heterocycles. The van der Waals surface area contributed by atoms with E-state index in [1.54, 1.807) is 0 Å². The zero-order valence-corrected chi connectivity index (χ0v) is 60.7. The van der Waals surface area contributed by atoms with Gasteiger partial charge in [-0.1, -0.05) is 251 Å². The lowest BCUT2D eigenvalue weighted by Gasteiger charge is -2.22. The molecule has 0 atom stereocenters. The van der Waals surface area contributed by atoms with Crippen molar-refractivity contribution < 1.29 is 0 Å². The summed E-state index contributed by atoms with van der Waals surface area (Å²) in [6.45, 7) is 67.1. The summed E-state index contributed by atoms with van der Waals surface area (Å²) in [5.74, 6) is 7.38. The van der Waals surface area contributed by atoms with Crippen molar-refractivity contribution in [3.8, 4) is 0 Å². The minimum absolute atomic E-state index is 0.149. The van der Waals surface area contributed by atoms with Gasteiger partial charge in [0.2, 0.25) is 0 Å². The van der Waals surface area contributed by atoms with Gasteiger partial charge in [-0.05, 0) is 122 Å². The second-order valence-electron chi connectivity index (χ2n) is 29.5. The van der Waals surface area contributed by atoms with Gasteiger partial charge in [0.1, 0.15) is 11.6 Å². The smallest absolute Gasteiger partial charge is 0.130 e. The van der Waals surface area contributed by atoms with E-state index < -0.39 is 0 Å². The Morgan fingerprint density at radius 1 is 0.218 bits per heavy atom. The average molecular weight is 1190 g/mol. The summed E-state index contributed by atoms with van der Waals surface area (Å²) in [7, 11) is 0. The van der Waals surface area contributed by atoms with E-state index in [1.165, 1.54) is 39.1 Å². The van der Waals surface area contributed by atoms with Crippen molar-refractivity contribution in [1.29, 1.82) is 0 Å². The molecule has 0 saturated carbocycles. The minimum atomic E-state index is 0.149. The molecule has 7 aromatic rings. The van der Waals surface area contributed by atoms with Gasteiger partial charge in [-0.25, -0.2) is 19.9 Å². The highest BCUT2D eigenvalue weighted by atomic mass is 15.1. The number of rotatable bonds is 11. The number of nitrogens with zero attached hydrogens (tertiary/aromatic N) is 10. The third kappa shape index (κ3) is 30.5. The summed E-state index contributed by atoms with van der Waals surface area (Å²) in [5.41, 5.74) is 15.1. The molecule has 0 fully saturated rings. The van der Waals surface area contributed by atoms with E-state index >= 15 is 0 Å². The van der Waals surface area contributed by atoms with E-state index in [0.717, 1.165) is 40.1 Å². The van der Waals surface area contributed by atoms with Crippen molar-refractivity contribution in [3.63, 3.8) is 0 Å². The van der Waals surface area contributed by atoms with E-state index in [0.29, 0.717) is 65.1 Å². The van der Waals surface area contributed by atoms with E-state index in [-0.39, 0.29) is 16.2 Å². The molecular weight excluding hydrogens is 1060 g/mol. The summed E-state index contributed by atoms with van der Waals surface area (Å²) in [5, 5.41) is 8.30. The normalized spacial score (nSPS) is 11.6. The molecule has 0 N–H and O–H groups in total. The monoisotopic (exact) mass is 1190 g/mol. The first-order valence-corrected chi connectivity index (χ1v) is 32.5. The fourth-order valence-electron chi connectivity index (χ4n) is 7.55. The first-order chi connectivity index (χ1) is 40.2. The second kappa shape index (κ2) is 37.6. The molecule has 0 spiro atoms. The highest BCUT2D eigenvalue weighted by Crippen LogP contribution is 2.27. The second-order valence-corrected chi connectivity index (χ2v) is 29.5. The average Bonchev–Trinajstić information content (AvgIpc) is 3.61. The summed E-state index contributed by atoms with van der Waals surface area (Å²) < 4.78 is 0. The number of pyridine rings is 2. The topological polar surface area (TPSA) is 129 Å². The van der Waals surface area contributed by atoms with Crippen LogP contribution in [-0.2, 0) is 16.2 Å². The van der Waals surface area contributed by atoms with Crippen LogP contribution in [0.25, 0.3) is 0 Å². The number of hydrogen-bond acceptors (Lipinski definition) is 10. The molecule has 0 saturated heterocycles. The minimum Gasteiger partial charge on any atom is -0.261 e. The van der Waals surface area contributed by atoms with Gasteiger partial charge in [0, 0.05) is 78.2 Å². The molecule has 0 radical (unpaired) electrons. The Kier molecular flexibility index (Phi) is 34.1. The first kappa shape index (κ1) is 78.9. The molecule has 87 heavy (non-hydrogen) atoms. The van der Waals surface area contributed by atoms with Crippen molar-refractivity contribution in [2.75, 3.05) is 0 Å². The number of aromatic nitrogens is 10. The fraction of sp³-hybridized carbons (Fsp3) is 0.584. The highest BCUT2D eigenvalue weighted by Gasteiger charge is 2.19. The van der Waals surface area contributed by atoms with Gasteiger partial charge >= 0.3 is 0 Å². The van der Waals surface area contributed by atoms with Crippen molar-refractivity contribution >= 4 is 0 Å². The molecule has 0 bridgehead atoms. The molecule has 6 heterocycles. The molecule has 0 amide bonds. The molecule has 7 rings (SSSR count). The highest BCUT2D eigenvalue weighted by molar-refractivity contribution is 5.29.